The van der Waals surface area contributed by atoms with Gasteiger partial charge in [-0.2, -0.15) is 8.78 Å². The van der Waals surface area contributed by atoms with E-state index in [1.807, 2.05) is 0 Å². The highest BCUT2D eigenvalue weighted by Crippen LogP contribution is 2.50. The van der Waals surface area contributed by atoms with Gasteiger partial charge in [-0.15, -0.1) is 0 Å². The van der Waals surface area contributed by atoms with Gasteiger partial charge in [-0.05, 0) is 168 Å². The first kappa shape index (κ1) is 62.9. The van der Waals surface area contributed by atoms with E-state index in [0.717, 1.165) is 12.2 Å². The number of benzene rings is 8. The van der Waals surface area contributed by atoms with Crippen LogP contribution >= 0.6 is 0 Å². The lowest BCUT2D eigenvalue weighted by molar-refractivity contribution is -0.201. The van der Waals surface area contributed by atoms with E-state index in [4.69, 9.17) is 41.9 Å². The summed E-state index contributed by atoms with van der Waals surface area (Å²) in [4.78, 5) is 55.1. The third kappa shape index (κ3) is 14.7. The molecule has 0 heterocycles. The minimum absolute atomic E-state index is 0.0114. The normalized spacial score (nSPS) is 11.7. The Morgan fingerprint density at radius 1 is 0.471 bits per heavy atom. The second-order valence-corrected chi connectivity index (χ2v) is 20.0. The van der Waals surface area contributed by atoms with Gasteiger partial charge in [0.1, 0.15) is 11.5 Å². The molecule has 0 unspecified atom stereocenters. The molecule has 87 heavy (non-hydrogen) atoms. The molecule has 8 aromatic rings. The highest BCUT2D eigenvalue weighted by molar-refractivity contribution is 6.03. The lowest BCUT2D eigenvalue weighted by Gasteiger charge is -2.44. The lowest BCUT2D eigenvalue weighted by Crippen LogP contribution is -2.58. The maximum absolute atomic E-state index is 15.0. The maximum Gasteiger partial charge on any atom is 0.343 e. The number of carbonyl (C=O) groups excluding carboxylic acids is 4. The standard InChI is InChI=1S/C67H58F6N4O10/c68-33-1-3-35-84-57-30-26-51(60(70)62(57)72)42-11-15-44(16-12-42)64(80)86-49-22-6-40(7-23-49)5-21-48(78)39-66(53-28-19-46(74)37-55(53)76,54-29-20-47(75)38-56(54)77)67(82,83)59(79)32-10-41-8-24-50(25-9-41)87-65(81)45-17-13-43(14-18-45)52-27-31-58(63(73)61(52)71)85-36-4-2-34-69/h5-32,37-38,82-83H,1-4,33-36,39,74-77H2/b21-5+,32-10+. The number of nitrogens with two attached hydrogens (primary N) is 4. The van der Waals surface area contributed by atoms with Crippen LogP contribution in [0.3, 0.4) is 0 Å². The van der Waals surface area contributed by atoms with Crippen molar-refractivity contribution in [2.75, 3.05) is 49.5 Å². The van der Waals surface area contributed by atoms with Crippen molar-refractivity contribution in [1.29, 1.82) is 0 Å². The molecule has 20 heteroatoms. The van der Waals surface area contributed by atoms with E-state index in [9.17, 15) is 47.0 Å². The van der Waals surface area contributed by atoms with Crippen LogP contribution in [-0.2, 0) is 15.0 Å². The fourth-order valence-corrected chi connectivity index (χ4v) is 9.47. The first-order valence-electron chi connectivity index (χ1n) is 27.1. The molecule has 0 spiro atoms. The van der Waals surface area contributed by atoms with E-state index >= 15 is 8.78 Å². The van der Waals surface area contributed by atoms with E-state index in [2.05, 4.69) is 0 Å². The van der Waals surface area contributed by atoms with E-state index in [1.165, 1.54) is 170 Å². The van der Waals surface area contributed by atoms with Gasteiger partial charge in [0.2, 0.25) is 23.2 Å². The van der Waals surface area contributed by atoms with Crippen molar-refractivity contribution in [3.8, 4) is 45.3 Å². The molecule has 0 aliphatic rings. The van der Waals surface area contributed by atoms with Gasteiger partial charge in [0.25, 0.3) is 0 Å². The number of unbranched alkanes of at least 4 members (excludes halogenated alkanes) is 2. The van der Waals surface area contributed by atoms with Crippen molar-refractivity contribution in [3.63, 3.8) is 0 Å². The minimum Gasteiger partial charge on any atom is -0.490 e. The quantitative estimate of drug-likeness (QED) is 0.00561. The van der Waals surface area contributed by atoms with Crippen LogP contribution in [0.15, 0.2) is 170 Å². The number of nitrogen functional groups attached to an aromatic ring is 4. The molecule has 0 aliphatic carbocycles. The number of aliphatic hydroxyl groups is 2. The lowest BCUT2D eigenvalue weighted by atomic mass is 9.63. The number of alkyl halides is 2. The zero-order valence-corrected chi connectivity index (χ0v) is 46.4. The predicted molar refractivity (Wildman–Crippen MR) is 319 cm³/mol. The molecule has 0 aromatic heterocycles. The molecule has 0 aliphatic heterocycles. The van der Waals surface area contributed by atoms with Crippen LogP contribution in [-0.4, -0.2) is 66.1 Å². The molecule has 0 fully saturated rings. The molecule has 448 valence electrons. The Hall–Kier alpha value is -10.2. The van der Waals surface area contributed by atoms with Crippen LogP contribution in [0.4, 0.5) is 49.1 Å². The summed E-state index contributed by atoms with van der Waals surface area (Å²) in [5, 5.41) is 24.9. The Labute approximate surface area is 495 Å². The number of hydrogen-bond acceptors (Lipinski definition) is 14. The number of hydrogen-bond donors (Lipinski definition) is 6. The number of anilines is 4. The zero-order chi connectivity index (χ0) is 62.4. The maximum atomic E-state index is 15.0. The molecule has 14 nitrogen and oxygen atoms in total. The minimum atomic E-state index is -3.51. The molecular formula is C67H58F6N4O10. The van der Waals surface area contributed by atoms with Crippen molar-refractivity contribution in [2.24, 2.45) is 0 Å². The predicted octanol–water partition coefficient (Wildman–Crippen LogP) is 12.5. The zero-order valence-electron chi connectivity index (χ0n) is 46.4. The van der Waals surface area contributed by atoms with Crippen molar-refractivity contribution in [2.45, 2.75) is 43.3 Å². The molecule has 0 amide bonds. The summed E-state index contributed by atoms with van der Waals surface area (Å²) in [6.07, 6.45) is 4.89. The summed E-state index contributed by atoms with van der Waals surface area (Å²) in [7, 11) is 0. The number of carbonyl (C=O) groups is 4. The van der Waals surface area contributed by atoms with Crippen molar-refractivity contribution >= 4 is 58.4 Å². The monoisotopic (exact) mass is 1190 g/mol. The SMILES string of the molecule is Nc1ccc(C(CC(=O)/C=C/c2ccc(OC(=O)c3ccc(-c4ccc(OCCCCF)c(F)c4F)cc3)cc2)(c2ccc(N)cc2N)C(O)(O)C(=O)/C=C/c2ccc(OC(=O)c3ccc(-c4ccc(OCCCCF)c(F)c4F)cc3)cc2)c(N)c1. The molecular weight excluding hydrogens is 1130 g/mol. The number of ketones is 2. The summed E-state index contributed by atoms with van der Waals surface area (Å²) in [5.41, 5.74) is 23.9. The smallest absolute Gasteiger partial charge is 0.343 e. The van der Waals surface area contributed by atoms with E-state index in [1.54, 1.807) is 0 Å². The summed E-state index contributed by atoms with van der Waals surface area (Å²) in [6, 6.07) is 36.0. The highest BCUT2D eigenvalue weighted by atomic mass is 19.2. The summed E-state index contributed by atoms with van der Waals surface area (Å²) >= 11 is 0. The van der Waals surface area contributed by atoms with Crippen LogP contribution in [0.25, 0.3) is 34.4 Å². The van der Waals surface area contributed by atoms with Crippen LogP contribution in [0.5, 0.6) is 23.0 Å². The number of ether oxygens (including phenoxy) is 4. The Kier molecular flexibility index (Phi) is 20.3. The number of allylic oxidation sites excluding steroid dienone is 1. The molecule has 0 saturated carbocycles. The highest BCUT2D eigenvalue weighted by Gasteiger charge is 2.58. The van der Waals surface area contributed by atoms with E-state index in [-0.39, 0.29) is 116 Å². The molecule has 10 N–H and O–H groups in total. The fraction of sp³-hybridized carbons (Fsp3) is 0.164. The molecule has 0 radical (unpaired) electrons. The van der Waals surface area contributed by atoms with E-state index < -0.39 is 77.7 Å². The first-order valence-corrected chi connectivity index (χ1v) is 27.1. The molecule has 8 aromatic carbocycles. The topological polar surface area (TPSA) is 250 Å². The van der Waals surface area contributed by atoms with Gasteiger partial charge >= 0.3 is 11.9 Å². The molecule has 8 rings (SSSR count). The Morgan fingerprint density at radius 3 is 1.26 bits per heavy atom. The molecule has 0 atom stereocenters. The van der Waals surface area contributed by atoms with Crippen LogP contribution < -0.4 is 41.9 Å². The number of esters is 2. The van der Waals surface area contributed by atoms with Crippen molar-refractivity contribution in [1.82, 2.24) is 0 Å². The summed E-state index contributed by atoms with van der Waals surface area (Å²) < 4.78 is 106. The average Bonchev–Trinajstić information content (AvgIpc) is 3.09. The second-order valence-electron chi connectivity index (χ2n) is 20.0. The molecule has 0 bridgehead atoms. The van der Waals surface area contributed by atoms with Gasteiger partial charge in [0.05, 0.1) is 43.1 Å². The third-order valence-corrected chi connectivity index (χ3v) is 14.0. The van der Waals surface area contributed by atoms with Crippen molar-refractivity contribution < 1.29 is 74.7 Å². The first-order chi connectivity index (χ1) is 41.7. The number of halogens is 6. The average molecular weight is 1190 g/mol. The molecule has 0 saturated heterocycles. The van der Waals surface area contributed by atoms with Gasteiger partial charge in [0.15, 0.2) is 28.9 Å². The fourth-order valence-electron chi connectivity index (χ4n) is 9.47. The largest absolute Gasteiger partial charge is 0.490 e. The van der Waals surface area contributed by atoms with Crippen molar-refractivity contribution in [3.05, 3.63) is 227 Å². The third-order valence-electron chi connectivity index (χ3n) is 14.0. The Balaban J connectivity index is 0.962. The van der Waals surface area contributed by atoms with Gasteiger partial charge in [-0.1, -0.05) is 72.8 Å². The van der Waals surface area contributed by atoms with Crippen LogP contribution in [0, 0.1) is 23.3 Å². The van der Waals surface area contributed by atoms with Crippen LogP contribution in [0.1, 0.15) is 75.1 Å². The van der Waals surface area contributed by atoms with E-state index in [0.29, 0.717) is 24.0 Å². The second kappa shape index (κ2) is 28.1. The van der Waals surface area contributed by atoms with Gasteiger partial charge in [0, 0.05) is 40.3 Å². The van der Waals surface area contributed by atoms with Crippen LogP contribution in [0.2, 0.25) is 0 Å². The van der Waals surface area contributed by atoms with Gasteiger partial charge < -0.3 is 52.1 Å². The van der Waals surface area contributed by atoms with Gasteiger partial charge in [-0.25, -0.2) is 18.4 Å². The Bertz CT molecular complexity index is 3810. The summed E-state index contributed by atoms with van der Waals surface area (Å²) in [6.45, 7) is -1.08. The summed E-state index contributed by atoms with van der Waals surface area (Å²) in [5.74, 6) is -12.4. The number of rotatable bonds is 26. The Morgan fingerprint density at radius 2 is 0.874 bits per heavy atom. The van der Waals surface area contributed by atoms with Gasteiger partial charge in [-0.3, -0.25) is 18.4 Å².